The maximum atomic E-state index is 12.4. The molecule has 2 rings (SSSR count). The fourth-order valence-electron chi connectivity index (χ4n) is 2.07. The lowest BCUT2D eigenvalue weighted by atomic mass is 10.1. The third kappa shape index (κ3) is 5.04. The number of rotatable bonds is 6. The first kappa shape index (κ1) is 18.9. The largest absolute Gasteiger partial charge is 0.497 e. The van der Waals surface area contributed by atoms with Gasteiger partial charge in [0.25, 0.3) is 5.91 Å². The van der Waals surface area contributed by atoms with Crippen molar-refractivity contribution in [1.29, 1.82) is 5.26 Å². The second kappa shape index (κ2) is 9.17. The third-order valence-electron chi connectivity index (χ3n) is 3.28. The van der Waals surface area contributed by atoms with Gasteiger partial charge < -0.3 is 14.8 Å². The number of carbonyl (C=O) groups excluding carboxylic acids is 1. The van der Waals surface area contributed by atoms with Gasteiger partial charge in [-0.1, -0.05) is 23.6 Å². The first-order valence-corrected chi connectivity index (χ1v) is 7.88. The van der Waals surface area contributed by atoms with Crippen LogP contribution in [0.5, 0.6) is 11.5 Å². The number of nitriles is 1. The second-order valence-corrected chi connectivity index (χ2v) is 5.47. The summed E-state index contributed by atoms with van der Waals surface area (Å²) in [4.78, 5) is 12.4. The molecule has 0 atom stereocenters. The number of hydrogen-bond acceptors (Lipinski definition) is 4. The van der Waals surface area contributed by atoms with Gasteiger partial charge in [-0.15, -0.1) is 6.42 Å². The summed E-state index contributed by atoms with van der Waals surface area (Å²) in [5.74, 6) is 2.78. The molecule has 0 saturated carbocycles. The number of hydrogen-bond donors (Lipinski definition) is 1. The number of carbonyl (C=O) groups is 1. The molecule has 0 spiro atoms. The Kier molecular flexibility index (Phi) is 6.68. The SMILES string of the molecule is C#CCOc1cc(OC)ccc1/C=C(\C#N)C(=O)Nc1cccc(Cl)c1. The number of anilines is 1. The number of amides is 1. The Hall–Kier alpha value is -3.41. The van der Waals surface area contributed by atoms with E-state index in [1.165, 1.54) is 13.2 Å². The molecule has 0 fully saturated rings. The van der Waals surface area contributed by atoms with Gasteiger partial charge in [-0.25, -0.2) is 0 Å². The molecule has 0 aliphatic heterocycles. The van der Waals surface area contributed by atoms with Crippen LogP contribution in [0.25, 0.3) is 6.08 Å². The van der Waals surface area contributed by atoms with Crippen molar-refractivity contribution in [3.8, 4) is 29.9 Å². The van der Waals surface area contributed by atoms with Crippen molar-refractivity contribution in [1.82, 2.24) is 0 Å². The normalized spacial score (nSPS) is 10.4. The smallest absolute Gasteiger partial charge is 0.266 e. The Balaban J connectivity index is 2.31. The molecule has 0 unspecified atom stereocenters. The lowest BCUT2D eigenvalue weighted by Crippen LogP contribution is -2.13. The van der Waals surface area contributed by atoms with E-state index in [0.717, 1.165) is 0 Å². The number of ether oxygens (including phenoxy) is 2. The molecular weight excluding hydrogens is 352 g/mol. The van der Waals surface area contributed by atoms with Gasteiger partial charge in [0, 0.05) is 22.3 Å². The van der Waals surface area contributed by atoms with E-state index >= 15 is 0 Å². The van der Waals surface area contributed by atoms with E-state index in [4.69, 9.17) is 27.5 Å². The molecular formula is C20H15ClN2O3. The lowest BCUT2D eigenvalue weighted by Gasteiger charge is -2.10. The number of nitrogens with zero attached hydrogens (tertiary/aromatic N) is 1. The van der Waals surface area contributed by atoms with Crippen LogP contribution in [0.15, 0.2) is 48.0 Å². The van der Waals surface area contributed by atoms with E-state index in [-0.39, 0.29) is 12.2 Å². The summed E-state index contributed by atoms with van der Waals surface area (Å²) in [6.45, 7) is 0.0462. The molecule has 1 N–H and O–H groups in total. The molecule has 1 amide bonds. The van der Waals surface area contributed by atoms with E-state index in [1.54, 1.807) is 42.5 Å². The van der Waals surface area contributed by atoms with Gasteiger partial charge in [-0.3, -0.25) is 4.79 Å². The molecule has 0 aliphatic carbocycles. The molecule has 130 valence electrons. The molecule has 2 aromatic rings. The van der Waals surface area contributed by atoms with Gasteiger partial charge in [-0.05, 0) is 36.4 Å². The minimum absolute atomic E-state index is 0.0462. The van der Waals surface area contributed by atoms with Crippen molar-refractivity contribution in [2.24, 2.45) is 0 Å². The predicted molar refractivity (Wildman–Crippen MR) is 101 cm³/mol. The Morgan fingerprint density at radius 3 is 2.81 bits per heavy atom. The van der Waals surface area contributed by atoms with Gasteiger partial charge in [0.1, 0.15) is 29.7 Å². The predicted octanol–water partition coefficient (Wildman–Crippen LogP) is 3.91. The number of benzene rings is 2. The highest BCUT2D eigenvalue weighted by Crippen LogP contribution is 2.27. The summed E-state index contributed by atoms with van der Waals surface area (Å²) in [5, 5.41) is 12.5. The van der Waals surface area contributed by atoms with Crippen molar-refractivity contribution < 1.29 is 14.3 Å². The van der Waals surface area contributed by atoms with Crippen molar-refractivity contribution in [2.45, 2.75) is 0 Å². The van der Waals surface area contributed by atoms with Crippen LogP contribution in [0.4, 0.5) is 5.69 Å². The first-order chi connectivity index (χ1) is 12.6. The molecule has 0 radical (unpaired) electrons. The molecule has 5 nitrogen and oxygen atoms in total. The number of methoxy groups -OCH3 is 1. The van der Waals surface area contributed by atoms with Crippen LogP contribution >= 0.6 is 11.6 Å². The highest BCUT2D eigenvalue weighted by molar-refractivity contribution is 6.31. The van der Waals surface area contributed by atoms with Crippen LogP contribution in [0.1, 0.15) is 5.56 Å². The molecule has 0 saturated heterocycles. The number of halogens is 1. The maximum absolute atomic E-state index is 12.4. The molecule has 2 aromatic carbocycles. The van der Waals surface area contributed by atoms with Crippen LogP contribution < -0.4 is 14.8 Å². The Labute approximate surface area is 156 Å². The van der Waals surface area contributed by atoms with Gasteiger partial charge in [-0.2, -0.15) is 5.26 Å². The topological polar surface area (TPSA) is 71.3 Å². The Morgan fingerprint density at radius 2 is 2.15 bits per heavy atom. The summed E-state index contributed by atoms with van der Waals surface area (Å²) >= 11 is 5.89. The van der Waals surface area contributed by atoms with E-state index in [2.05, 4.69) is 11.2 Å². The van der Waals surface area contributed by atoms with E-state index in [0.29, 0.717) is 27.8 Å². The van der Waals surface area contributed by atoms with Crippen LogP contribution in [-0.2, 0) is 4.79 Å². The molecule has 26 heavy (non-hydrogen) atoms. The van der Waals surface area contributed by atoms with Crippen molar-refractivity contribution in [2.75, 3.05) is 19.0 Å². The zero-order chi connectivity index (χ0) is 18.9. The van der Waals surface area contributed by atoms with E-state index in [9.17, 15) is 10.1 Å². The fourth-order valence-corrected chi connectivity index (χ4v) is 2.26. The molecule has 0 heterocycles. The molecule has 0 aliphatic rings. The van der Waals surface area contributed by atoms with Crippen molar-refractivity contribution in [3.63, 3.8) is 0 Å². The first-order valence-electron chi connectivity index (χ1n) is 7.50. The van der Waals surface area contributed by atoms with E-state index < -0.39 is 5.91 Å². The molecule has 6 heteroatoms. The zero-order valence-corrected chi connectivity index (χ0v) is 14.7. The van der Waals surface area contributed by atoms with Crippen LogP contribution in [0.2, 0.25) is 5.02 Å². The third-order valence-corrected chi connectivity index (χ3v) is 3.51. The van der Waals surface area contributed by atoms with Crippen LogP contribution in [0.3, 0.4) is 0 Å². The Morgan fingerprint density at radius 1 is 1.35 bits per heavy atom. The van der Waals surface area contributed by atoms with Crippen molar-refractivity contribution in [3.05, 3.63) is 58.6 Å². The van der Waals surface area contributed by atoms with Crippen molar-refractivity contribution >= 4 is 29.3 Å². The quantitative estimate of drug-likeness (QED) is 0.478. The minimum Gasteiger partial charge on any atom is -0.497 e. The summed E-state index contributed by atoms with van der Waals surface area (Å²) in [6.07, 6.45) is 6.64. The highest BCUT2D eigenvalue weighted by atomic mass is 35.5. The van der Waals surface area contributed by atoms with Crippen LogP contribution in [0, 0.1) is 23.7 Å². The molecule has 0 aromatic heterocycles. The number of nitrogens with one attached hydrogen (secondary N) is 1. The molecule has 0 bridgehead atoms. The summed E-state index contributed by atoms with van der Waals surface area (Å²) in [5.41, 5.74) is 0.918. The fraction of sp³-hybridized carbons (Fsp3) is 0.100. The summed E-state index contributed by atoms with van der Waals surface area (Å²) in [6, 6.07) is 13.5. The van der Waals surface area contributed by atoms with E-state index in [1.807, 2.05) is 6.07 Å². The minimum atomic E-state index is -0.562. The number of terminal acetylenes is 1. The average molecular weight is 367 g/mol. The summed E-state index contributed by atoms with van der Waals surface area (Å²) < 4.78 is 10.6. The monoisotopic (exact) mass is 366 g/mol. The Bertz CT molecular complexity index is 923. The average Bonchev–Trinajstić information content (AvgIpc) is 2.64. The van der Waals surface area contributed by atoms with Gasteiger partial charge >= 0.3 is 0 Å². The standard InChI is InChI=1S/C20H15ClN2O3/c1-3-9-26-19-12-18(25-2)8-7-14(19)10-15(13-22)20(24)23-17-6-4-5-16(21)11-17/h1,4-8,10-12H,9H2,2H3,(H,23,24)/b15-10+. The lowest BCUT2D eigenvalue weighted by molar-refractivity contribution is -0.112. The van der Waals surface area contributed by atoms with Crippen LogP contribution in [-0.4, -0.2) is 19.6 Å². The van der Waals surface area contributed by atoms with Gasteiger partial charge in [0.05, 0.1) is 7.11 Å². The van der Waals surface area contributed by atoms with Gasteiger partial charge in [0.15, 0.2) is 0 Å². The van der Waals surface area contributed by atoms with Gasteiger partial charge in [0.2, 0.25) is 0 Å². The maximum Gasteiger partial charge on any atom is 0.266 e. The zero-order valence-electron chi connectivity index (χ0n) is 14.0. The second-order valence-electron chi connectivity index (χ2n) is 5.03. The highest BCUT2D eigenvalue weighted by Gasteiger charge is 2.12. The summed E-state index contributed by atoms with van der Waals surface area (Å²) in [7, 11) is 1.52.